The van der Waals surface area contributed by atoms with Gasteiger partial charge in [-0.1, -0.05) is 0 Å². The summed E-state index contributed by atoms with van der Waals surface area (Å²) in [6.45, 7) is 9.67. The third-order valence-corrected chi connectivity index (χ3v) is 3.00. The number of ether oxygens (including phenoxy) is 1. The van der Waals surface area contributed by atoms with Crippen molar-refractivity contribution >= 4 is 0 Å². The van der Waals surface area contributed by atoms with Crippen LogP contribution in [0, 0.1) is 5.92 Å². The van der Waals surface area contributed by atoms with Crippen molar-refractivity contribution in [2.75, 3.05) is 39.8 Å². The Morgan fingerprint density at radius 1 is 1.33 bits per heavy atom. The Kier molecular flexibility index (Phi) is 6.22. The molecule has 0 aromatic heterocycles. The van der Waals surface area contributed by atoms with Gasteiger partial charge >= 0.3 is 0 Å². The molecule has 0 unspecified atom stereocenters. The fourth-order valence-electron chi connectivity index (χ4n) is 1.94. The summed E-state index contributed by atoms with van der Waals surface area (Å²) in [7, 11) is 2.21. The van der Waals surface area contributed by atoms with Crippen LogP contribution in [0.2, 0.25) is 0 Å². The second kappa shape index (κ2) is 7.20. The summed E-state index contributed by atoms with van der Waals surface area (Å²) < 4.78 is 5.48. The van der Waals surface area contributed by atoms with Crippen LogP contribution in [0.4, 0.5) is 0 Å². The average Bonchev–Trinajstić information content (AvgIpc) is 2.20. The lowest BCUT2D eigenvalue weighted by atomic mass is 9.97. The van der Waals surface area contributed by atoms with E-state index in [1.807, 2.05) is 0 Å². The lowest BCUT2D eigenvalue weighted by molar-refractivity contribution is 0.0797. The predicted octanol–water partition coefficient (Wildman–Crippen LogP) is 1.34. The molecule has 1 heterocycles. The van der Waals surface area contributed by atoms with Gasteiger partial charge in [0, 0.05) is 6.54 Å². The fraction of sp³-hybridized carbons (Fsp3) is 1.00. The number of piperidine rings is 1. The number of likely N-dealkylation sites (tertiary alicyclic amines) is 1. The van der Waals surface area contributed by atoms with Crippen LogP contribution >= 0.6 is 0 Å². The molecule has 1 N–H and O–H groups in total. The maximum Gasteiger partial charge on any atom is 0.0594 e. The Balaban J connectivity index is 1.91. The van der Waals surface area contributed by atoms with Crippen molar-refractivity contribution in [2.45, 2.75) is 32.8 Å². The van der Waals surface area contributed by atoms with Crippen molar-refractivity contribution in [1.82, 2.24) is 10.2 Å². The molecule has 0 aromatic carbocycles. The zero-order valence-corrected chi connectivity index (χ0v) is 10.5. The second-order valence-corrected chi connectivity index (χ2v) is 4.87. The van der Waals surface area contributed by atoms with Gasteiger partial charge in [-0.15, -0.1) is 0 Å². The molecule has 0 atom stereocenters. The van der Waals surface area contributed by atoms with Gasteiger partial charge in [0.2, 0.25) is 0 Å². The van der Waals surface area contributed by atoms with E-state index in [0.717, 1.165) is 25.6 Å². The number of hydrogen-bond acceptors (Lipinski definition) is 3. The second-order valence-electron chi connectivity index (χ2n) is 4.87. The molecule has 0 bridgehead atoms. The lowest BCUT2D eigenvalue weighted by Gasteiger charge is -2.29. The first-order chi connectivity index (χ1) is 7.18. The number of rotatable bonds is 6. The smallest absolute Gasteiger partial charge is 0.0594 e. The molecule has 1 aliphatic rings. The molecule has 1 rings (SSSR count). The molecule has 3 heteroatoms. The third-order valence-electron chi connectivity index (χ3n) is 3.00. The quantitative estimate of drug-likeness (QED) is 0.675. The molecule has 15 heavy (non-hydrogen) atoms. The Morgan fingerprint density at radius 2 is 2.00 bits per heavy atom. The highest BCUT2D eigenvalue weighted by molar-refractivity contribution is 4.71. The SMILES string of the molecule is CC(C)OCCNCC1CCN(C)CC1. The topological polar surface area (TPSA) is 24.5 Å². The number of nitrogens with zero attached hydrogens (tertiary/aromatic N) is 1. The molecule has 1 aliphatic heterocycles. The van der Waals surface area contributed by atoms with Crippen LogP contribution in [0.1, 0.15) is 26.7 Å². The molecular weight excluding hydrogens is 188 g/mol. The fourth-order valence-corrected chi connectivity index (χ4v) is 1.94. The summed E-state index contributed by atoms with van der Waals surface area (Å²) in [4.78, 5) is 2.42. The van der Waals surface area contributed by atoms with Gasteiger partial charge in [-0.3, -0.25) is 0 Å². The normalized spacial score (nSPS) is 20.0. The van der Waals surface area contributed by atoms with E-state index in [-0.39, 0.29) is 0 Å². The van der Waals surface area contributed by atoms with Crippen molar-refractivity contribution in [2.24, 2.45) is 5.92 Å². The molecule has 0 aromatic rings. The summed E-state index contributed by atoms with van der Waals surface area (Å²) >= 11 is 0. The van der Waals surface area contributed by atoms with Crippen molar-refractivity contribution in [1.29, 1.82) is 0 Å². The molecule has 90 valence electrons. The molecule has 0 aliphatic carbocycles. The predicted molar refractivity (Wildman–Crippen MR) is 64.2 cm³/mol. The lowest BCUT2D eigenvalue weighted by Crippen LogP contribution is -2.35. The largest absolute Gasteiger partial charge is 0.377 e. The zero-order valence-electron chi connectivity index (χ0n) is 10.5. The highest BCUT2D eigenvalue weighted by Gasteiger charge is 2.15. The highest BCUT2D eigenvalue weighted by Crippen LogP contribution is 2.14. The minimum atomic E-state index is 0.357. The molecule has 0 radical (unpaired) electrons. The van der Waals surface area contributed by atoms with Crippen LogP contribution < -0.4 is 5.32 Å². The van der Waals surface area contributed by atoms with Crippen molar-refractivity contribution in [3.05, 3.63) is 0 Å². The molecule has 3 nitrogen and oxygen atoms in total. The van der Waals surface area contributed by atoms with Gasteiger partial charge in [0.25, 0.3) is 0 Å². The Hall–Kier alpha value is -0.120. The van der Waals surface area contributed by atoms with Crippen LogP contribution in [0.3, 0.4) is 0 Å². The van der Waals surface area contributed by atoms with E-state index in [0.29, 0.717) is 6.10 Å². The Labute approximate surface area is 94.2 Å². The Morgan fingerprint density at radius 3 is 2.60 bits per heavy atom. The van der Waals surface area contributed by atoms with Gasteiger partial charge in [0.1, 0.15) is 0 Å². The first-order valence-electron chi connectivity index (χ1n) is 6.19. The van der Waals surface area contributed by atoms with Gasteiger partial charge < -0.3 is 15.0 Å². The number of hydrogen-bond donors (Lipinski definition) is 1. The summed E-state index contributed by atoms with van der Waals surface area (Å²) in [6, 6.07) is 0. The van der Waals surface area contributed by atoms with Gasteiger partial charge in [0.15, 0.2) is 0 Å². The maximum atomic E-state index is 5.48. The van der Waals surface area contributed by atoms with Crippen molar-refractivity contribution in [3.8, 4) is 0 Å². The maximum absolute atomic E-state index is 5.48. The monoisotopic (exact) mass is 214 g/mol. The van der Waals surface area contributed by atoms with Crippen LogP contribution in [-0.4, -0.2) is 50.8 Å². The van der Waals surface area contributed by atoms with E-state index in [1.54, 1.807) is 0 Å². The van der Waals surface area contributed by atoms with E-state index < -0.39 is 0 Å². The summed E-state index contributed by atoms with van der Waals surface area (Å²) in [5.41, 5.74) is 0. The van der Waals surface area contributed by atoms with Crippen molar-refractivity contribution < 1.29 is 4.74 Å². The van der Waals surface area contributed by atoms with E-state index in [1.165, 1.54) is 25.9 Å². The minimum Gasteiger partial charge on any atom is -0.377 e. The standard InChI is InChI=1S/C12H26N2O/c1-11(2)15-9-6-13-10-12-4-7-14(3)8-5-12/h11-13H,4-10H2,1-3H3. The Bertz CT molecular complexity index is 154. The van der Waals surface area contributed by atoms with E-state index in [4.69, 9.17) is 4.74 Å². The van der Waals surface area contributed by atoms with E-state index in [2.05, 4.69) is 31.1 Å². The van der Waals surface area contributed by atoms with E-state index >= 15 is 0 Å². The zero-order chi connectivity index (χ0) is 11.1. The molecule has 0 saturated carbocycles. The molecule has 1 saturated heterocycles. The molecule has 1 fully saturated rings. The molecule has 0 amide bonds. The van der Waals surface area contributed by atoms with Crippen LogP contribution in [-0.2, 0) is 4.74 Å². The molecular formula is C12H26N2O. The van der Waals surface area contributed by atoms with Crippen molar-refractivity contribution in [3.63, 3.8) is 0 Å². The van der Waals surface area contributed by atoms with Gasteiger partial charge in [-0.2, -0.15) is 0 Å². The van der Waals surface area contributed by atoms with Gasteiger partial charge in [0.05, 0.1) is 12.7 Å². The minimum absolute atomic E-state index is 0.357. The average molecular weight is 214 g/mol. The number of nitrogens with one attached hydrogen (secondary N) is 1. The highest BCUT2D eigenvalue weighted by atomic mass is 16.5. The third kappa shape index (κ3) is 6.13. The summed E-state index contributed by atoms with van der Waals surface area (Å²) in [5.74, 6) is 0.875. The van der Waals surface area contributed by atoms with Gasteiger partial charge in [-0.05, 0) is 59.3 Å². The molecule has 0 spiro atoms. The van der Waals surface area contributed by atoms with Gasteiger partial charge in [-0.25, -0.2) is 0 Å². The first-order valence-corrected chi connectivity index (χ1v) is 6.19. The first kappa shape index (κ1) is 12.9. The summed E-state index contributed by atoms with van der Waals surface area (Å²) in [6.07, 6.45) is 3.04. The van der Waals surface area contributed by atoms with E-state index in [9.17, 15) is 0 Å². The van der Waals surface area contributed by atoms with Crippen LogP contribution in [0.25, 0.3) is 0 Å². The van der Waals surface area contributed by atoms with Crippen LogP contribution in [0.5, 0.6) is 0 Å². The van der Waals surface area contributed by atoms with Crippen LogP contribution in [0.15, 0.2) is 0 Å². The summed E-state index contributed by atoms with van der Waals surface area (Å²) in [5, 5.41) is 3.48.